The van der Waals surface area contributed by atoms with Crippen molar-refractivity contribution in [2.45, 2.75) is 44.1 Å². The van der Waals surface area contributed by atoms with Crippen molar-refractivity contribution < 1.29 is 35.9 Å². The van der Waals surface area contributed by atoms with E-state index in [2.05, 4.69) is 11.6 Å². The summed E-state index contributed by atoms with van der Waals surface area (Å²) >= 11 is 0. The van der Waals surface area contributed by atoms with Crippen LogP contribution in [-0.2, 0) is 11.2 Å². The van der Waals surface area contributed by atoms with Crippen molar-refractivity contribution in [2.75, 3.05) is 19.6 Å². The van der Waals surface area contributed by atoms with E-state index in [1.807, 2.05) is 0 Å². The number of aromatic amines is 1. The predicted octanol–water partition coefficient (Wildman–Crippen LogP) is 4.46. The Balaban J connectivity index is 1.55. The lowest BCUT2D eigenvalue weighted by Crippen LogP contribution is -2.47. The van der Waals surface area contributed by atoms with Crippen molar-refractivity contribution >= 4 is 17.0 Å². The van der Waals surface area contributed by atoms with Crippen LogP contribution in [0.2, 0.25) is 0 Å². The fraction of sp³-hybridized carbons (Fsp3) is 0.385. The third-order valence-corrected chi connectivity index (χ3v) is 7.04. The number of nitrogens with one attached hydrogen (secondary N) is 1. The number of hydrogen-bond donors (Lipinski definition) is 1. The molecule has 1 N–H and O–H groups in total. The van der Waals surface area contributed by atoms with Crippen molar-refractivity contribution in [2.24, 2.45) is 0 Å². The van der Waals surface area contributed by atoms with Gasteiger partial charge in [0.1, 0.15) is 23.5 Å². The molecule has 2 aromatic carbocycles. The van der Waals surface area contributed by atoms with Crippen molar-refractivity contribution in [1.29, 1.82) is 0 Å². The molecule has 0 bridgehead atoms. The summed E-state index contributed by atoms with van der Waals surface area (Å²) in [6, 6.07) is 2.54. The Morgan fingerprint density at radius 3 is 2.63 bits per heavy atom. The number of carbonyl (C=O) groups excluding carboxylic acids is 1. The minimum atomic E-state index is -4.64. The number of rotatable bonds is 5. The number of hydrogen-bond acceptors (Lipinski definition) is 5. The molecule has 0 aliphatic carbocycles. The van der Waals surface area contributed by atoms with E-state index in [9.17, 15) is 22.8 Å². The monoisotopic (exact) mass is 537 g/mol. The third kappa shape index (κ3) is 4.80. The van der Waals surface area contributed by atoms with Crippen molar-refractivity contribution in [3.63, 3.8) is 0 Å². The molecule has 0 radical (unpaired) electrons. The zero-order valence-electron chi connectivity index (χ0n) is 20.3. The predicted molar refractivity (Wildman–Crippen MR) is 127 cm³/mol. The number of nitrogens with zero attached hydrogens (tertiary/aromatic N) is 2. The van der Waals surface area contributed by atoms with Crippen molar-refractivity contribution in [1.82, 2.24) is 14.8 Å². The Labute approximate surface area is 213 Å². The van der Waals surface area contributed by atoms with Crippen LogP contribution < -0.4 is 10.5 Å². The molecule has 0 saturated carbocycles. The SMILES string of the molecule is C=CC(=O)N1CC[C@@H](Oc2cc(F)c([C@@H]3c4ccc5[nH]c(=O)oc5c4C[C@@H](C)N3CC(F)(F)F)c(F)c2)C1. The molecule has 2 aliphatic rings. The van der Waals surface area contributed by atoms with E-state index >= 15 is 8.78 Å². The van der Waals surface area contributed by atoms with Gasteiger partial charge in [-0.05, 0) is 31.1 Å². The van der Waals surface area contributed by atoms with Gasteiger partial charge in [0.25, 0.3) is 0 Å². The molecule has 3 atom stereocenters. The van der Waals surface area contributed by atoms with Crippen LogP contribution in [0.4, 0.5) is 22.0 Å². The van der Waals surface area contributed by atoms with Crippen LogP contribution >= 0.6 is 0 Å². The van der Waals surface area contributed by atoms with Gasteiger partial charge in [0.15, 0.2) is 5.58 Å². The van der Waals surface area contributed by atoms with Gasteiger partial charge in [-0.25, -0.2) is 13.6 Å². The quantitative estimate of drug-likeness (QED) is 0.384. The van der Waals surface area contributed by atoms with Crippen molar-refractivity contribution in [3.8, 4) is 5.75 Å². The van der Waals surface area contributed by atoms with Crippen LogP contribution in [0.5, 0.6) is 5.75 Å². The lowest BCUT2D eigenvalue weighted by Gasteiger charge is -2.42. The number of fused-ring (bicyclic) bond motifs is 3. The maximum atomic E-state index is 15.6. The summed E-state index contributed by atoms with van der Waals surface area (Å²) in [6.07, 6.45) is -3.47. The summed E-state index contributed by atoms with van der Waals surface area (Å²) in [5.41, 5.74) is 0.546. The maximum absolute atomic E-state index is 15.6. The summed E-state index contributed by atoms with van der Waals surface area (Å²) in [6.45, 7) is 4.15. The van der Waals surface area contributed by atoms with Gasteiger partial charge in [0.05, 0.1) is 24.6 Å². The molecular formula is C26H24F5N3O4. The highest BCUT2D eigenvalue weighted by atomic mass is 19.4. The molecule has 3 heterocycles. The van der Waals surface area contributed by atoms with E-state index in [0.29, 0.717) is 24.0 Å². The molecule has 5 rings (SSSR count). The molecule has 202 valence electrons. The van der Waals surface area contributed by atoms with Crippen LogP contribution in [0.3, 0.4) is 0 Å². The fourth-order valence-corrected chi connectivity index (χ4v) is 5.41. The molecule has 12 heteroatoms. The summed E-state index contributed by atoms with van der Waals surface area (Å²) in [4.78, 5) is 28.6. The molecule has 1 aromatic heterocycles. The lowest BCUT2D eigenvalue weighted by molar-refractivity contribution is -0.155. The average molecular weight is 537 g/mol. The first-order valence-electron chi connectivity index (χ1n) is 12.0. The second-order valence-corrected chi connectivity index (χ2v) is 9.59. The van der Waals surface area contributed by atoms with Crippen LogP contribution in [0.1, 0.15) is 36.1 Å². The van der Waals surface area contributed by atoms with Gasteiger partial charge in [-0.15, -0.1) is 0 Å². The topological polar surface area (TPSA) is 78.8 Å². The van der Waals surface area contributed by atoms with E-state index in [1.165, 1.54) is 30.0 Å². The minimum absolute atomic E-state index is 0.0755. The van der Waals surface area contributed by atoms with Crippen LogP contribution in [0.15, 0.2) is 46.1 Å². The summed E-state index contributed by atoms with van der Waals surface area (Å²) < 4.78 is 82.9. The number of ether oxygens (including phenoxy) is 1. The number of aromatic nitrogens is 1. The Hall–Kier alpha value is -3.67. The minimum Gasteiger partial charge on any atom is -0.488 e. The Bertz CT molecular complexity index is 1440. The second-order valence-electron chi connectivity index (χ2n) is 9.59. The number of halogens is 5. The molecule has 2 aliphatic heterocycles. The van der Waals surface area contributed by atoms with Gasteiger partial charge in [-0.2, -0.15) is 13.2 Å². The number of oxazole rings is 1. The van der Waals surface area contributed by atoms with E-state index < -0.39 is 53.9 Å². The van der Waals surface area contributed by atoms with E-state index in [-0.39, 0.29) is 35.8 Å². The molecule has 0 spiro atoms. The zero-order valence-corrected chi connectivity index (χ0v) is 20.3. The van der Waals surface area contributed by atoms with Gasteiger partial charge in [-0.3, -0.25) is 14.7 Å². The van der Waals surface area contributed by atoms with E-state index in [4.69, 9.17) is 9.15 Å². The number of carbonyl (C=O) groups is 1. The lowest BCUT2D eigenvalue weighted by atomic mass is 9.84. The summed E-state index contributed by atoms with van der Waals surface area (Å²) in [5, 5.41) is 0. The first kappa shape index (κ1) is 26.0. The maximum Gasteiger partial charge on any atom is 0.417 e. The van der Waals surface area contributed by atoms with Gasteiger partial charge < -0.3 is 14.1 Å². The van der Waals surface area contributed by atoms with E-state index in [0.717, 1.165) is 17.0 Å². The molecule has 7 nitrogen and oxygen atoms in total. The third-order valence-electron chi connectivity index (χ3n) is 7.04. The fourth-order valence-electron chi connectivity index (χ4n) is 5.41. The highest BCUT2D eigenvalue weighted by Crippen LogP contribution is 2.44. The molecule has 38 heavy (non-hydrogen) atoms. The highest BCUT2D eigenvalue weighted by Gasteiger charge is 2.43. The van der Waals surface area contributed by atoms with Gasteiger partial charge in [-0.1, -0.05) is 12.6 Å². The largest absolute Gasteiger partial charge is 0.488 e. The molecule has 0 unspecified atom stereocenters. The molecule has 3 aromatic rings. The van der Waals surface area contributed by atoms with Crippen molar-refractivity contribution in [3.05, 3.63) is 75.8 Å². The first-order chi connectivity index (χ1) is 17.9. The number of amides is 1. The Kier molecular flexibility index (Phi) is 6.54. The molecular weight excluding hydrogens is 513 g/mol. The van der Waals surface area contributed by atoms with Gasteiger partial charge in [0.2, 0.25) is 5.91 Å². The number of benzene rings is 2. The molecule has 1 saturated heterocycles. The summed E-state index contributed by atoms with van der Waals surface area (Å²) in [7, 11) is 0. The molecule has 1 fully saturated rings. The van der Waals surface area contributed by atoms with Crippen LogP contribution in [0, 0.1) is 11.6 Å². The Morgan fingerprint density at radius 1 is 1.26 bits per heavy atom. The second kappa shape index (κ2) is 9.57. The smallest absolute Gasteiger partial charge is 0.417 e. The zero-order chi connectivity index (χ0) is 27.4. The van der Waals surface area contributed by atoms with Crippen LogP contribution in [0.25, 0.3) is 11.1 Å². The first-order valence-corrected chi connectivity index (χ1v) is 12.0. The molecule has 1 amide bonds. The van der Waals surface area contributed by atoms with Crippen LogP contribution in [-0.4, -0.2) is 58.6 Å². The number of alkyl halides is 3. The highest BCUT2D eigenvalue weighted by molar-refractivity contribution is 5.87. The summed E-state index contributed by atoms with van der Waals surface area (Å²) in [5.74, 6) is -3.32. The van der Waals surface area contributed by atoms with E-state index in [1.54, 1.807) is 0 Å². The van der Waals surface area contributed by atoms with Gasteiger partial charge in [0, 0.05) is 42.3 Å². The normalized spacial score (nSPS) is 22.1. The Morgan fingerprint density at radius 2 is 1.97 bits per heavy atom. The average Bonchev–Trinajstić information content (AvgIpc) is 3.45. The number of likely N-dealkylation sites (tertiary alicyclic amines) is 1. The van der Waals surface area contributed by atoms with Gasteiger partial charge >= 0.3 is 11.9 Å². The number of H-pyrrole nitrogens is 1. The standard InChI is InChI=1S/C26H24F5N3O4/c1-3-21(35)33-7-6-14(11-33)37-15-9-18(27)22(19(28)10-15)23-16-4-5-20-24(38-25(36)32-20)17(16)8-13(2)34(23)12-26(29,30)31/h3-5,9-10,13-14,23H,1,6-8,11-12H2,2H3,(H,32,36)/t13-,14-,23+/m1/s1.